The number of benzene rings is 5. The predicted molar refractivity (Wildman–Crippen MR) is 144 cm³/mol. The lowest BCUT2D eigenvalue weighted by Crippen LogP contribution is -2.22. The number of carbonyl (C=O) groups is 1. The molecule has 1 N–H and O–H groups in total. The van der Waals surface area contributed by atoms with E-state index in [1.807, 2.05) is 91.0 Å². The minimum Gasteiger partial charge on any atom is -0.489 e. The molecule has 0 heterocycles. The molecule has 0 aromatic heterocycles. The monoisotopic (exact) mass is 473 g/mol. The Morgan fingerprint density at radius 3 is 1.75 bits per heavy atom. The van der Waals surface area contributed by atoms with E-state index in [0.29, 0.717) is 30.8 Å². The first kappa shape index (κ1) is 23.2. The molecule has 4 heteroatoms. The minimum absolute atomic E-state index is 0.280. The summed E-state index contributed by atoms with van der Waals surface area (Å²) in [6.07, 6.45) is 0. The molecular formula is C32H27NO3. The van der Waals surface area contributed by atoms with E-state index in [9.17, 15) is 9.90 Å². The molecule has 0 bridgehead atoms. The molecule has 5 aromatic carbocycles. The quantitative estimate of drug-likeness (QED) is 0.244. The van der Waals surface area contributed by atoms with Gasteiger partial charge in [0.2, 0.25) is 0 Å². The van der Waals surface area contributed by atoms with Crippen molar-refractivity contribution in [1.29, 1.82) is 0 Å². The van der Waals surface area contributed by atoms with Crippen LogP contribution in [-0.2, 0) is 19.7 Å². The van der Waals surface area contributed by atoms with Gasteiger partial charge in [-0.2, -0.15) is 0 Å². The summed E-state index contributed by atoms with van der Waals surface area (Å²) in [5.41, 5.74) is 4.68. The van der Waals surface area contributed by atoms with E-state index in [1.165, 1.54) is 11.1 Å². The fraction of sp³-hybridized carbons (Fsp3) is 0.0938. The average Bonchev–Trinajstić information content (AvgIpc) is 2.92. The van der Waals surface area contributed by atoms with Gasteiger partial charge in [0.1, 0.15) is 12.4 Å². The summed E-state index contributed by atoms with van der Waals surface area (Å²) < 4.78 is 6.11. The van der Waals surface area contributed by atoms with Crippen LogP contribution in [0.25, 0.3) is 10.8 Å². The van der Waals surface area contributed by atoms with Gasteiger partial charge < -0.3 is 14.7 Å². The lowest BCUT2D eigenvalue weighted by atomic mass is 10.0. The molecule has 0 amide bonds. The molecule has 0 unspecified atom stereocenters. The summed E-state index contributed by atoms with van der Waals surface area (Å²) in [6.45, 7) is 1.82. The van der Waals surface area contributed by atoms with E-state index in [-0.39, 0.29) is 5.56 Å². The van der Waals surface area contributed by atoms with Crippen molar-refractivity contribution in [2.75, 3.05) is 4.90 Å². The second-order valence-corrected chi connectivity index (χ2v) is 8.75. The van der Waals surface area contributed by atoms with Gasteiger partial charge in [0.05, 0.1) is 5.56 Å². The number of ether oxygens (including phenoxy) is 1. The van der Waals surface area contributed by atoms with Gasteiger partial charge in [-0.15, -0.1) is 0 Å². The molecular weight excluding hydrogens is 446 g/mol. The van der Waals surface area contributed by atoms with Gasteiger partial charge in [0.15, 0.2) is 0 Å². The van der Waals surface area contributed by atoms with E-state index >= 15 is 0 Å². The van der Waals surface area contributed by atoms with Crippen molar-refractivity contribution in [2.24, 2.45) is 0 Å². The van der Waals surface area contributed by atoms with E-state index in [2.05, 4.69) is 29.2 Å². The molecule has 0 aliphatic carbocycles. The Morgan fingerprint density at radius 2 is 1.19 bits per heavy atom. The van der Waals surface area contributed by atoms with Crippen LogP contribution in [0.15, 0.2) is 121 Å². The van der Waals surface area contributed by atoms with Crippen molar-refractivity contribution < 1.29 is 14.6 Å². The number of anilines is 1. The van der Waals surface area contributed by atoms with Crippen molar-refractivity contribution in [1.82, 2.24) is 0 Å². The lowest BCUT2D eigenvalue weighted by Gasteiger charge is -2.27. The lowest BCUT2D eigenvalue weighted by molar-refractivity contribution is 0.0699. The molecule has 178 valence electrons. The van der Waals surface area contributed by atoms with Gasteiger partial charge in [0, 0.05) is 24.2 Å². The van der Waals surface area contributed by atoms with Gasteiger partial charge in [-0.3, -0.25) is 0 Å². The summed E-state index contributed by atoms with van der Waals surface area (Å²) in [6, 6.07) is 39.9. The molecule has 0 aliphatic heterocycles. The van der Waals surface area contributed by atoms with E-state index in [4.69, 9.17) is 4.74 Å². The third-order valence-electron chi connectivity index (χ3n) is 6.22. The standard InChI is InChI=1S/C32H27NO3/c34-32(35)29-18-19-31(30-20-27(16-17-28(29)30)36-23-26-14-8-3-9-15-26)33(21-24-10-4-1-5-11-24)22-25-12-6-2-7-13-25/h1-20H,21-23H2,(H,34,35). The molecule has 0 spiro atoms. The van der Waals surface area contributed by atoms with Crippen LogP contribution in [0.3, 0.4) is 0 Å². The Bertz CT molecular complexity index is 1410. The molecule has 5 aromatic rings. The summed E-state index contributed by atoms with van der Waals surface area (Å²) in [5, 5.41) is 11.4. The van der Waals surface area contributed by atoms with E-state index in [0.717, 1.165) is 16.6 Å². The average molecular weight is 474 g/mol. The molecule has 0 saturated carbocycles. The van der Waals surface area contributed by atoms with Gasteiger partial charge in [0.25, 0.3) is 0 Å². The summed E-state index contributed by atoms with van der Waals surface area (Å²) in [5.74, 6) is -0.239. The zero-order valence-electron chi connectivity index (χ0n) is 19.9. The maximum absolute atomic E-state index is 12.0. The maximum Gasteiger partial charge on any atom is 0.336 e. The first-order valence-electron chi connectivity index (χ1n) is 12.0. The summed E-state index contributed by atoms with van der Waals surface area (Å²) in [7, 11) is 0. The highest BCUT2D eigenvalue weighted by Crippen LogP contribution is 2.34. The number of carboxylic acid groups (broad SMARTS) is 1. The van der Waals surface area contributed by atoms with E-state index < -0.39 is 5.97 Å². The van der Waals surface area contributed by atoms with Crippen LogP contribution in [0.1, 0.15) is 27.0 Å². The number of fused-ring (bicyclic) bond motifs is 1. The molecule has 4 nitrogen and oxygen atoms in total. The SMILES string of the molecule is O=C(O)c1ccc(N(Cc2ccccc2)Cc2ccccc2)c2cc(OCc3ccccc3)ccc12. The molecule has 5 rings (SSSR count). The van der Waals surface area contributed by atoms with Crippen molar-refractivity contribution in [2.45, 2.75) is 19.7 Å². The third kappa shape index (κ3) is 5.39. The maximum atomic E-state index is 12.0. The van der Waals surface area contributed by atoms with Gasteiger partial charge in [-0.05, 0) is 52.4 Å². The van der Waals surface area contributed by atoms with Crippen LogP contribution in [0.5, 0.6) is 5.75 Å². The molecule has 0 saturated heterocycles. The number of nitrogens with zero attached hydrogens (tertiary/aromatic N) is 1. The largest absolute Gasteiger partial charge is 0.489 e. The van der Waals surface area contributed by atoms with Crippen LogP contribution in [0.4, 0.5) is 5.69 Å². The smallest absolute Gasteiger partial charge is 0.336 e. The van der Waals surface area contributed by atoms with Gasteiger partial charge in [-0.25, -0.2) is 4.79 Å². The zero-order chi connectivity index (χ0) is 24.7. The van der Waals surface area contributed by atoms with Crippen molar-refractivity contribution in [3.8, 4) is 5.75 Å². The number of aromatic carboxylic acids is 1. The fourth-order valence-corrected chi connectivity index (χ4v) is 4.44. The highest BCUT2D eigenvalue weighted by Gasteiger charge is 2.17. The third-order valence-corrected chi connectivity index (χ3v) is 6.22. The van der Waals surface area contributed by atoms with Crippen molar-refractivity contribution in [3.63, 3.8) is 0 Å². The fourth-order valence-electron chi connectivity index (χ4n) is 4.44. The number of carboxylic acids is 1. The van der Waals surface area contributed by atoms with Gasteiger partial charge in [-0.1, -0.05) is 91.0 Å². The second-order valence-electron chi connectivity index (χ2n) is 8.75. The highest BCUT2D eigenvalue weighted by molar-refractivity contribution is 6.08. The zero-order valence-corrected chi connectivity index (χ0v) is 19.9. The van der Waals surface area contributed by atoms with Crippen LogP contribution < -0.4 is 9.64 Å². The molecule has 0 fully saturated rings. The first-order chi connectivity index (χ1) is 17.7. The Morgan fingerprint density at radius 1 is 0.639 bits per heavy atom. The molecule has 0 radical (unpaired) electrons. The Kier molecular flexibility index (Phi) is 6.95. The minimum atomic E-state index is -0.942. The summed E-state index contributed by atoms with van der Waals surface area (Å²) >= 11 is 0. The first-order valence-corrected chi connectivity index (χ1v) is 12.0. The predicted octanol–water partition coefficient (Wildman–Crippen LogP) is 7.32. The van der Waals surface area contributed by atoms with Gasteiger partial charge >= 0.3 is 5.97 Å². The normalized spacial score (nSPS) is 10.8. The Labute approximate surface area is 211 Å². The highest BCUT2D eigenvalue weighted by atomic mass is 16.5. The van der Waals surface area contributed by atoms with Crippen molar-refractivity contribution >= 4 is 22.4 Å². The Hall–Kier alpha value is -4.57. The van der Waals surface area contributed by atoms with Crippen LogP contribution in [0.2, 0.25) is 0 Å². The molecule has 0 atom stereocenters. The number of hydrogen-bond acceptors (Lipinski definition) is 3. The van der Waals surface area contributed by atoms with Crippen molar-refractivity contribution in [3.05, 3.63) is 144 Å². The van der Waals surface area contributed by atoms with E-state index in [1.54, 1.807) is 6.07 Å². The second kappa shape index (κ2) is 10.8. The Balaban J connectivity index is 1.57. The topological polar surface area (TPSA) is 49.8 Å². The molecule has 0 aliphatic rings. The number of rotatable bonds is 9. The van der Waals surface area contributed by atoms with Crippen LogP contribution in [-0.4, -0.2) is 11.1 Å². The van der Waals surface area contributed by atoms with Crippen LogP contribution in [0, 0.1) is 0 Å². The van der Waals surface area contributed by atoms with Crippen LogP contribution >= 0.6 is 0 Å². The summed E-state index contributed by atoms with van der Waals surface area (Å²) in [4.78, 5) is 14.3. The molecule has 36 heavy (non-hydrogen) atoms. The number of hydrogen-bond donors (Lipinski definition) is 1.